The molecule has 1 saturated heterocycles. The van der Waals surface area contributed by atoms with Gasteiger partial charge in [-0.15, -0.1) is 0 Å². The van der Waals surface area contributed by atoms with Crippen LogP contribution >= 0.6 is 0 Å². The van der Waals surface area contributed by atoms with E-state index in [-0.39, 0.29) is 5.91 Å². The zero-order chi connectivity index (χ0) is 29.2. The van der Waals surface area contributed by atoms with E-state index in [1.807, 2.05) is 62.5 Å². The molecule has 214 valence electrons. The van der Waals surface area contributed by atoms with Gasteiger partial charge in [-0.1, -0.05) is 42.5 Å². The van der Waals surface area contributed by atoms with E-state index < -0.39 is 0 Å². The van der Waals surface area contributed by atoms with Crippen molar-refractivity contribution in [2.75, 3.05) is 38.5 Å². The lowest BCUT2D eigenvalue weighted by Crippen LogP contribution is -2.43. The molecule has 0 radical (unpaired) electrons. The van der Waals surface area contributed by atoms with Crippen LogP contribution in [0.3, 0.4) is 0 Å². The van der Waals surface area contributed by atoms with Crippen LogP contribution in [0.4, 0.5) is 5.69 Å². The maximum atomic E-state index is 13.3. The zero-order valence-electron chi connectivity index (χ0n) is 24.5. The average molecular weight is 562 g/mol. The summed E-state index contributed by atoms with van der Waals surface area (Å²) in [5.41, 5.74) is 6.13. The number of carbonyl (C=O) groups excluding carboxylic acids is 1. The first kappa shape index (κ1) is 27.6. The second kappa shape index (κ2) is 11.7. The highest BCUT2D eigenvalue weighted by Gasteiger charge is 2.18. The fourth-order valence-corrected chi connectivity index (χ4v) is 5.15. The van der Waals surface area contributed by atoms with Crippen molar-refractivity contribution in [2.45, 2.75) is 20.4 Å². The molecule has 1 aliphatic rings. The van der Waals surface area contributed by atoms with Gasteiger partial charge in [0.2, 0.25) is 5.88 Å². The molecule has 2 aromatic heterocycles. The number of aromatic nitrogens is 4. The molecule has 0 unspecified atom stereocenters. The average Bonchev–Trinajstić information content (AvgIpc) is 3.37. The second-order valence-electron chi connectivity index (χ2n) is 11.0. The van der Waals surface area contributed by atoms with Gasteiger partial charge in [-0.2, -0.15) is 10.1 Å². The maximum absolute atomic E-state index is 13.3. The van der Waals surface area contributed by atoms with Crippen LogP contribution in [0.5, 0.6) is 11.6 Å². The number of hydrogen-bond acceptors (Lipinski definition) is 7. The van der Waals surface area contributed by atoms with Crippen LogP contribution in [-0.2, 0) is 13.6 Å². The van der Waals surface area contributed by atoms with E-state index in [2.05, 4.69) is 40.3 Å². The van der Waals surface area contributed by atoms with Crippen LogP contribution in [0.1, 0.15) is 27.0 Å². The molecule has 1 fully saturated rings. The van der Waals surface area contributed by atoms with E-state index in [9.17, 15) is 4.79 Å². The van der Waals surface area contributed by atoms with Crippen LogP contribution in [0, 0.1) is 13.8 Å². The summed E-state index contributed by atoms with van der Waals surface area (Å²) >= 11 is 0. The minimum atomic E-state index is -0.203. The van der Waals surface area contributed by atoms with Crippen molar-refractivity contribution in [3.05, 3.63) is 95.2 Å². The first-order chi connectivity index (χ1) is 20.3. The fraction of sp³-hybridized carbons (Fsp3) is 0.273. The number of fused-ring (bicyclic) bond motifs is 1. The van der Waals surface area contributed by atoms with E-state index in [1.165, 1.54) is 5.56 Å². The summed E-state index contributed by atoms with van der Waals surface area (Å²) in [4.78, 5) is 27.6. The van der Waals surface area contributed by atoms with Gasteiger partial charge in [0.15, 0.2) is 11.5 Å². The molecule has 0 aliphatic carbocycles. The number of nitrogens with one attached hydrogen (secondary N) is 1. The Morgan fingerprint density at radius 1 is 0.905 bits per heavy atom. The Hall–Kier alpha value is -4.60. The molecular formula is C33H35N7O2. The van der Waals surface area contributed by atoms with Crippen LogP contribution in [0.15, 0.2) is 72.9 Å². The van der Waals surface area contributed by atoms with Crippen molar-refractivity contribution in [1.29, 1.82) is 0 Å². The standard InChI is InChI=1S/C33H35N7O2/c1-22-10-11-25(32(41)35-27-13-12-26(23(2)18-27)21-40-16-14-38(3)15-17-40)19-29(22)42-33-28-20-34-39(4)31(28)36-30(37-33)24-8-6-5-7-9-24/h5-13,18-20H,14-17,21H2,1-4H3,(H,35,41). The number of ether oxygens (including phenoxy) is 1. The Bertz CT molecular complexity index is 1740. The molecule has 1 N–H and O–H groups in total. The summed E-state index contributed by atoms with van der Waals surface area (Å²) < 4.78 is 8.06. The smallest absolute Gasteiger partial charge is 0.255 e. The minimum Gasteiger partial charge on any atom is -0.438 e. The molecule has 9 heteroatoms. The first-order valence-electron chi connectivity index (χ1n) is 14.2. The number of hydrogen-bond donors (Lipinski definition) is 1. The molecule has 5 aromatic rings. The van der Waals surface area contributed by atoms with Crippen molar-refractivity contribution < 1.29 is 9.53 Å². The lowest BCUT2D eigenvalue weighted by atomic mass is 10.1. The monoisotopic (exact) mass is 561 g/mol. The van der Waals surface area contributed by atoms with E-state index in [1.54, 1.807) is 23.0 Å². The lowest BCUT2D eigenvalue weighted by molar-refractivity contribution is 0.102. The normalized spacial score (nSPS) is 14.3. The first-order valence-corrected chi connectivity index (χ1v) is 14.2. The molecule has 9 nitrogen and oxygen atoms in total. The van der Waals surface area contributed by atoms with Crippen molar-refractivity contribution in [3.8, 4) is 23.0 Å². The number of nitrogens with zero attached hydrogens (tertiary/aromatic N) is 6. The van der Waals surface area contributed by atoms with Gasteiger partial charge in [-0.3, -0.25) is 14.4 Å². The highest BCUT2D eigenvalue weighted by Crippen LogP contribution is 2.32. The van der Waals surface area contributed by atoms with E-state index in [0.717, 1.165) is 55.1 Å². The van der Waals surface area contributed by atoms with Crippen molar-refractivity contribution >= 4 is 22.6 Å². The van der Waals surface area contributed by atoms with Gasteiger partial charge in [0.25, 0.3) is 5.91 Å². The molecule has 3 aromatic carbocycles. The van der Waals surface area contributed by atoms with Crippen molar-refractivity contribution in [1.82, 2.24) is 29.5 Å². The number of aryl methyl sites for hydroxylation is 3. The quantitative estimate of drug-likeness (QED) is 0.283. The lowest BCUT2D eigenvalue weighted by Gasteiger charge is -2.32. The molecule has 1 amide bonds. The molecule has 42 heavy (non-hydrogen) atoms. The number of rotatable bonds is 7. The topological polar surface area (TPSA) is 88.4 Å². The van der Waals surface area contributed by atoms with Gasteiger partial charge in [-0.05, 0) is 61.9 Å². The summed E-state index contributed by atoms with van der Waals surface area (Å²) in [7, 11) is 4.01. The molecule has 0 saturated carbocycles. The van der Waals surface area contributed by atoms with Gasteiger partial charge in [0.1, 0.15) is 11.1 Å². The Morgan fingerprint density at radius 3 is 2.45 bits per heavy atom. The number of piperazine rings is 1. The summed E-state index contributed by atoms with van der Waals surface area (Å²) in [6.07, 6.45) is 1.70. The number of amides is 1. The molecule has 0 bridgehead atoms. The number of likely N-dealkylation sites (N-methyl/N-ethyl adjacent to an activating group) is 1. The fourth-order valence-electron chi connectivity index (χ4n) is 5.15. The predicted octanol–water partition coefficient (Wildman–Crippen LogP) is 5.44. The summed E-state index contributed by atoms with van der Waals surface area (Å²) in [5.74, 6) is 1.27. The molecule has 0 atom stereocenters. The molecular weight excluding hydrogens is 526 g/mol. The number of carbonyl (C=O) groups is 1. The molecule has 1 aliphatic heterocycles. The highest BCUT2D eigenvalue weighted by atomic mass is 16.5. The Morgan fingerprint density at radius 2 is 1.69 bits per heavy atom. The van der Waals surface area contributed by atoms with Gasteiger partial charge >= 0.3 is 0 Å². The Kier molecular flexibility index (Phi) is 7.69. The van der Waals surface area contributed by atoms with E-state index in [0.29, 0.717) is 34.1 Å². The molecule has 3 heterocycles. The predicted molar refractivity (Wildman–Crippen MR) is 165 cm³/mol. The largest absolute Gasteiger partial charge is 0.438 e. The van der Waals surface area contributed by atoms with Crippen molar-refractivity contribution in [2.24, 2.45) is 7.05 Å². The minimum absolute atomic E-state index is 0.203. The zero-order valence-corrected chi connectivity index (χ0v) is 24.5. The third-order valence-electron chi connectivity index (χ3n) is 7.84. The van der Waals surface area contributed by atoms with Gasteiger partial charge < -0.3 is 15.0 Å². The van der Waals surface area contributed by atoms with Crippen LogP contribution in [-0.4, -0.2) is 68.7 Å². The van der Waals surface area contributed by atoms with Gasteiger partial charge in [-0.25, -0.2) is 4.98 Å². The van der Waals surface area contributed by atoms with Crippen molar-refractivity contribution in [3.63, 3.8) is 0 Å². The van der Waals surface area contributed by atoms with Crippen LogP contribution in [0.2, 0.25) is 0 Å². The van der Waals surface area contributed by atoms with Gasteiger partial charge in [0.05, 0.1) is 6.20 Å². The van der Waals surface area contributed by atoms with E-state index >= 15 is 0 Å². The third-order valence-corrected chi connectivity index (χ3v) is 7.84. The SMILES string of the molecule is Cc1cc(NC(=O)c2ccc(C)c(Oc3nc(-c4ccccc4)nc4c3cnn4C)c2)ccc1CN1CCN(C)CC1. The Labute approximate surface area is 245 Å². The van der Waals surface area contributed by atoms with E-state index in [4.69, 9.17) is 14.7 Å². The number of anilines is 1. The number of benzene rings is 3. The van der Waals surface area contributed by atoms with Gasteiger partial charge in [0, 0.05) is 56.6 Å². The second-order valence-corrected chi connectivity index (χ2v) is 11.0. The maximum Gasteiger partial charge on any atom is 0.255 e. The Balaban J connectivity index is 1.21. The summed E-state index contributed by atoms with van der Waals surface area (Å²) in [6, 6.07) is 21.3. The third kappa shape index (κ3) is 5.88. The highest BCUT2D eigenvalue weighted by molar-refractivity contribution is 6.04. The molecule has 6 rings (SSSR count). The summed E-state index contributed by atoms with van der Waals surface area (Å²) in [5, 5.41) is 8.11. The summed E-state index contributed by atoms with van der Waals surface area (Å²) in [6.45, 7) is 9.29. The van der Waals surface area contributed by atoms with Crippen LogP contribution in [0.25, 0.3) is 22.4 Å². The van der Waals surface area contributed by atoms with Crippen LogP contribution < -0.4 is 10.1 Å². The molecule has 0 spiro atoms.